The minimum absolute atomic E-state index is 0.106. The van der Waals surface area contributed by atoms with Gasteiger partial charge < -0.3 is 10.5 Å². The Morgan fingerprint density at radius 2 is 1.95 bits per heavy atom. The molecule has 0 atom stereocenters. The molecule has 0 unspecified atom stereocenters. The third kappa shape index (κ3) is 3.23. The molecule has 0 aliphatic rings. The summed E-state index contributed by atoms with van der Waals surface area (Å²) in [4.78, 5) is 3.95. The van der Waals surface area contributed by atoms with E-state index in [1.165, 1.54) is 12.1 Å². The number of ether oxygens (including phenoxy) is 1. The molecule has 1 aromatic carbocycles. The van der Waals surface area contributed by atoms with Crippen molar-refractivity contribution < 1.29 is 17.9 Å². The van der Waals surface area contributed by atoms with Crippen molar-refractivity contribution in [3.63, 3.8) is 0 Å². The van der Waals surface area contributed by atoms with Gasteiger partial charge in [-0.25, -0.2) is 4.98 Å². The molecule has 0 amide bonds. The van der Waals surface area contributed by atoms with Gasteiger partial charge in [-0.15, -0.1) is 0 Å². The highest BCUT2D eigenvalue weighted by Crippen LogP contribution is 2.39. The van der Waals surface area contributed by atoms with Crippen LogP contribution in [0.1, 0.15) is 16.8 Å². The number of anilines is 1. The molecular formula is C14H10F3N3O. The molecule has 7 heteroatoms. The summed E-state index contributed by atoms with van der Waals surface area (Å²) >= 11 is 0. The lowest BCUT2D eigenvalue weighted by Gasteiger charge is -2.14. The number of pyridine rings is 1. The van der Waals surface area contributed by atoms with Gasteiger partial charge >= 0.3 is 6.18 Å². The van der Waals surface area contributed by atoms with E-state index in [9.17, 15) is 13.2 Å². The molecule has 2 aromatic rings. The molecule has 2 N–H and O–H groups in total. The average molecular weight is 293 g/mol. The third-order valence-electron chi connectivity index (χ3n) is 2.65. The standard InChI is InChI=1S/C14H10F3N3O/c1-8-2-4-11(19)13(20-8)21-12-5-3-9(7-18)6-10(12)14(15,16)17/h2-6H,19H2,1H3. The van der Waals surface area contributed by atoms with Crippen LogP contribution in [0.5, 0.6) is 11.6 Å². The van der Waals surface area contributed by atoms with Crippen molar-refractivity contribution in [2.75, 3.05) is 5.73 Å². The molecule has 0 bridgehead atoms. The fourth-order valence-corrected chi connectivity index (χ4v) is 1.64. The smallest absolute Gasteiger partial charge is 0.420 e. The van der Waals surface area contributed by atoms with Crippen LogP contribution in [0.15, 0.2) is 30.3 Å². The third-order valence-corrected chi connectivity index (χ3v) is 2.65. The Hall–Kier alpha value is -2.75. The second-order valence-electron chi connectivity index (χ2n) is 4.27. The summed E-state index contributed by atoms with van der Waals surface area (Å²) < 4.78 is 44.2. The summed E-state index contributed by atoms with van der Waals surface area (Å²) in [7, 11) is 0. The van der Waals surface area contributed by atoms with Gasteiger partial charge in [0.2, 0.25) is 5.88 Å². The zero-order valence-electron chi connectivity index (χ0n) is 10.9. The van der Waals surface area contributed by atoms with E-state index < -0.39 is 17.5 Å². The van der Waals surface area contributed by atoms with Gasteiger partial charge in [0.15, 0.2) is 0 Å². The number of halogens is 3. The van der Waals surface area contributed by atoms with E-state index in [1.807, 2.05) is 0 Å². The molecule has 0 spiro atoms. The number of alkyl halides is 3. The van der Waals surface area contributed by atoms with Gasteiger partial charge in [-0.05, 0) is 37.3 Å². The topological polar surface area (TPSA) is 71.9 Å². The van der Waals surface area contributed by atoms with E-state index >= 15 is 0 Å². The predicted octanol–water partition coefficient (Wildman–Crippen LogP) is 3.66. The minimum Gasteiger partial charge on any atom is -0.436 e. The Morgan fingerprint density at radius 1 is 1.24 bits per heavy atom. The highest BCUT2D eigenvalue weighted by atomic mass is 19.4. The number of nitriles is 1. The van der Waals surface area contributed by atoms with E-state index in [4.69, 9.17) is 15.7 Å². The highest BCUT2D eigenvalue weighted by Gasteiger charge is 2.35. The SMILES string of the molecule is Cc1ccc(N)c(Oc2ccc(C#N)cc2C(F)(F)F)n1. The molecule has 0 saturated carbocycles. The molecule has 0 fully saturated rings. The van der Waals surface area contributed by atoms with Crippen LogP contribution in [0.25, 0.3) is 0 Å². The quantitative estimate of drug-likeness (QED) is 0.917. The van der Waals surface area contributed by atoms with Crippen molar-refractivity contribution in [2.24, 2.45) is 0 Å². The van der Waals surface area contributed by atoms with E-state index in [1.54, 1.807) is 19.1 Å². The van der Waals surface area contributed by atoms with Crippen LogP contribution in [0, 0.1) is 18.3 Å². The molecule has 0 saturated heterocycles. The number of rotatable bonds is 2. The summed E-state index contributed by atoms with van der Waals surface area (Å²) in [5.74, 6) is -0.559. The summed E-state index contributed by atoms with van der Waals surface area (Å²) in [6, 6.07) is 7.80. The normalized spacial score (nSPS) is 11.0. The highest BCUT2D eigenvalue weighted by molar-refractivity contribution is 5.52. The molecule has 2 rings (SSSR count). The monoisotopic (exact) mass is 293 g/mol. The number of aromatic nitrogens is 1. The van der Waals surface area contributed by atoms with Gasteiger partial charge in [0.1, 0.15) is 5.75 Å². The van der Waals surface area contributed by atoms with Crippen LogP contribution in [0.3, 0.4) is 0 Å². The van der Waals surface area contributed by atoms with Crippen molar-refractivity contribution in [3.8, 4) is 17.7 Å². The maximum atomic E-state index is 13.0. The van der Waals surface area contributed by atoms with Gasteiger partial charge in [0.05, 0.1) is 22.9 Å². The van der Waals surface area contributed by atoms with E-state index in [2.05, 4.69) is 4.98 Å². The fourth-order valence-electron chi connectivity index (χ4n) is 1.64. The van der Waals surface area contributed by atoms with Crippen molar-refractivity contribution in [1.29, 1.82) is 5.26 Å². The predicted molar refractivity (Wildman–Crippen MR) is 69.6 cm³/mol. The first kappa shape index (κ1) is 14.7. The lowest BCUT2D eigenvalue weighted by Crippen LogP contribution is -2.08. The van der Waals surface area contributed by atoms with Crippen molar-refractivity contribution in [1.82, 2.24) is 4.98 Å². The van der Waals surface area contributed by atoms with Gasteiger partial charge in [-0.2, -0.15) is 18.4 Å². The van der Waals surface area contributed by atoms with Crippen molar-refractivity contribution in [3.05, 3.63) is 47.2 Å². The lowest BCUT2D eigenvalue weighted by atomic mass is 10.1. The van der Waals surface area contributed by atoms with Crippen LogP contribution in [-0.4, -0.2) is 4.98 Å². The number of aryl methyl sites for hydroxylation is 1. The zero-order valence-corrected chi connectivity index (χ0v) is 10.9. The Balaban J connectivity index is 2.49. The molecule has 21 heavy (non-hydrogen) atoms. The molecule has 1 aromatic heterocycles. The number of benzene rings is 1. The first-order valence-corrected chi connectivity index (χ1v) is 5.83. The fraction of sp³-hybridized carbons (Fsp3) is 0.143. The molecular weight excluding hydrogens is 283 g/mol. The van der Waals surface area contributed by atoms with E-state index in [0.29, 0.717) is 5.69 Å². The van der Waals surface area contributed by atoms with Crippen LogP contribution in [-0.2, 0) is 6.18 Å². The first-order chi connectivity index (χ1) is 9.81. The maximum Gasteiger partial charge on any atom is 0.420 e. The van der Waals surface area contributed by atoms with Crippen molar-refractivity contribution >= 4 is 5.69 Å². The van der Waals surface area contributed by atoms with E-state index in [0.717, 1.165) is 12.1 Å². The zero-order chi connectivity index (χ0) is 15.6. The lowest BCUT2D eigenvalue weighted by molar-refractivity contribution is -0.138. The second-order valence-corrected chi connectivity index (χ2v) is 4.27. The minimum atomic E-state index is -4.65. The Labute approximate surface area is 118 Å². The van der Waals surface area contributed by atoms with Crippen LogP contribution < -0.4 is 10.5 Å². The number of hydrogen-bond acceptors (Lipinski definition) is 4. The largest absolute Gasteiger partial charge is 0.436 e. The number of nitrogen functional groups attached to an aromatic ring is 1. The molecule has 1 heterocycles. The Morgan fingerprint density at radius 3 is 2.57 bits per heavy atom. The summed E-state index contributed by atoms with van der Waals surface area (Å²) in [6.07, 6.45) is -4.65. The summed E-state index contributed by atoms with van der Waals surface area (Å²) in [5, 5.41) is 8.70. The molecule has 108 valence electrons. The maximum absolute atomic E-state index is 13.0. The van der Waals surface area contributed by atoms with Gasteiger partial charge in [-0.3, -0.25) is 0 Å². The Kier molecular flexibility index (Phi) is 3.72. The molecule has 4 nitrogen and oxygen atoms in total. The van der Waals surface area contributed by atoms with Gasteiger partial charge in [-0.1, -0.05) is 0 Å². The summed E-state index contributed by atoms with van der Waals surface area (Å²) in [5.41, 5.74) is 5.15. The Bertz CT molecular complexity index is 720. The molecule has 0 radical (unpaired) electrons. The van der Waals surface area contributed by atoms with Gasteiger partial charge in [0.25, 0.3) is 0 Å². The molecule has 0 aliphatic carbocycles. The number of hydrogen-bond donors (Lipinski definition) is 1. The van der Waals surface area contributed by atoms with Crippen molar-refractivity contribution in [2.45, 2.75) is 13.1 Å². The van der Waals surface area contributed by atoms with Crippen LogP contribution in [0.4, 0.5) is 18.9 Å². The number of nitrogens with zero attached hydrogens (tertiary/aromatic N) is 2. The van der Waals surface area contributed by atoms with Gasteiger partial charge in [0, 0.05) is 5.69 Å². The number of nitrogens with two attached hydrogens (primary N) is 1. The van der Waals surface area contributed by atoms with E-state index in [-0.39, 0.29) is 17.1 Å². The van der Waals surface area contributed by atoms with Crippen LogP contribution >= 0.6 is 0 Å². The second kappa shape index (κ2) is 5.32. The van der Waals surface area contributed by atoms with Crippen LogP contribution in [0.2, 0.25) is 0 Å². The molecule has 0 aliphatic heterocycles. The first-order valence-electron chi connectivity index (χ1n) is 5.83. The average Bonchev–Trinajstić information content (AvgIpc) is 2.42. The summed E-state index contributed by atoms with van der Waals surface area (Å²) in [6.45, 7) is 1.66.